The van der Waals surface area contributed by atoms with Gasteiger partial charge in [0.2, 0.25) is 0 Å². The highest BCUT2D eigenvalue weighted by molar-refractivity contribution is 14.0. The molecule has 2 N–H and O–H groups in total. The van der Waals surface area contributed by atoms with Crippen LogP contribution in [-0.4, -0.2) is 76.6 Å². The van der Waals surface area contributed by atoms with E-state index < -0.39 is 0 Å². The number of hydrogen-bond acceptors (Lipinski definition) is 4. The van der Waals surface area contributed by atoms with Gasteiger partial charge >= 0.3 is 0 Å². The quantitative estimate of drug-likeness (QED) is 0.241. The first-order chi connectivity index (χ1) is 11.3. The van der Waals surface area contributed by atoms with E-state index in [-0.39, 0.29) is 24.0 Å². The number of likely N-dealkylation sites (tertiary alicyclic amines) is 1. The number of nitrogens with one attached hydrogen (secondary N) is 2. The highest BCUT2D eigenvalue weighted by atomic mass is 127. The Balaban J connectivity index is 0.00000288. The summed E-state index contributed by atoms with van der Waals surface area (Å²) in [4.78, 5) is 6.85. The van der Waals surface area contributed by atoms with Crippen molar-refractivity contribution in [2.45, 2.75) is 38.7 Å². The average Bonchev–Trinajstić information content (AvgIpc) is 3.23. The van der Waals surface area contributed by atoms with Crippen LogP contribution in [0.15, 0.2) is 4.99 Å². The predicted octanol–water partition coefficient (Wildman–Crippen LogP) is 1.70. The smallest absolute Gasteiger partial charge is 0.190 e. The standard InChI is InChI=1S/C17H34N4O2.HI/c1-15(13-21-8-3-4-9-21)12-20-17(18-2)19-7-5-10-23-16-6-11-22-14-16;/h15-16H,3-14H2,1-2H3,(H2,18,19,20);1H. The lowest BCUT2D eigenvalue weighted by atomic mass is 10.1. The lowest BCUT2D eigenvalue weighted by molar-refractivity contribution is 0.0420. The lowest BCUT2D eigenvalue weighted by Gasteiger charge is -2.21. The molecule has 24 heavy (non-hydrogen) atoms. The zero-order valence-electron chi connectivity index (χ0n) is 15.3. The number of hydrogen-bond donors (Lipinski definition) is 2. The lowest BCUT2D eigenvalue weighted by Crippen LogP contribution is -2.41. The minimum Gasteiger partial charge on any atom is -0.379 e. The molecular weight excluding hydrogens is 419 g/mol. The van der Waals surface area contributed by atoms with Crippen LogP contribution < -0.4 is 10.6 Å². The van der Waals surface area contributed by atoms with E-state index in [4.69, 9.17) is 9.47 Å². The second-order valence-electron chi connectivity index (χ2n) is 6.70. The Bertz CT molecular complexity index is 345. The summed E-state index contributed by atoms with van der Waals surface area (Å²) in [5.41, 5.74) is 0. The van der Waals surface area contributed by atoms with Crippen molar-refractivity contribution < 1.29 is 9.47 Å². The fraction of sp³-hybridized carbons (Fsp3) is 0.941. The van der Waals surface area contributed by atoms with E-state index in [9.17, 15) is 0 Å². The molecule has 2 aliphatic heterocycles. The molecule has 2 atom stereocenters. The van der Waals surface area contributed by atoms with Crippen molar-refractivity contribution in [1.82, 2.24) is 15.5 Å². The topological polar surface area (TPSA) is 58.1 Å². The summed E-state index contributed by atoms with van der Waals surface area (Å²) in [6.45, 7) is 10.2. The van der Waals surface area contributed by atoms with Gasteiger partial charge in [-0.2, -0.15) is 0 Å². The van der Waals surface area contributed by atoms with Crippen LogP contribution >= 0.6 is 24.0 Å². The average molecular weight is 454 g/mol. The van der Waals surface area contributed by atoms with Gasteiger partial charge in [-0.05, 0) is 44.7 Å². The molecule has 0 aromatic carbocycles. The number of guanidine groups is 1. The molecule has 0 aliphatic carbocycles. The van der Waals surface area contributed by atoms with Gasteiger partial charge in [-0.3, -0.25) is 4.99 Å². The van der Waals surface area contributed by atoms with E-state index in [1.165, 1.54) is 32.5 Å². The zero-order chi connectivity index (χ0) is 16.3. The van der Waals surface area contributed by atoms with Gasteiger partial charge in [0.05, 0.1) is 12.7 Å². The molecule has 0 spiro atoms. The molecule has 6 nitrogen and oxygen atoms in total. The van der Waals surface area contributed by atoms with Crippen LogP contribution in [-0.2, 0) is 9.47 Å². The largest absolute Gasteiger partial charge is 0.379 e. The molecule has 2 fully saturated rings. The van der Waals surface area contributed by atoms with Gasteiger partial charge in [-0.25, -0.2) is 0 Å². The summed E-state index contributed by atoms with van der Waals surface area (Å²) in [5.74, 6) is 1.53. The van der Waals surface area contributed by atoms with Crippen LogP contribution in [0.3, 0.4) is 0 Å². The van der Waals surface area contributed by atoms with E-state index in [0.29, 0.717) is 12.0 Å². The maximum absolute atomic E-state index is 5.76. The molecule has 0 aromatic rings. The van der Waals surface area contributed by atoms with Crippen LogP contribution in [0, 0.1) is 5.92 Å². The van der Waals surface area contributed by atoms with Crippen molar-refractivity contribution in [3.63, 3.8) is 0 Å². The predicted molar refractivity (Wildman–Crippen MR) is 109 cm³/mol. The normalized spacial score (nSPS) is 23.1. The van der Waals surface area contributed by atoms with Gasteiger partial charge in [0.1, 0.15) is 0 Å². The van der Waals surface area contributed by atoms with Crippen molar-refractivity contribution in [2.75, 3.05) is 59.6 Å². The van der Waals surface area contributed by atoms with E-state index in [2.05, 4.69) is 27.4 Å². The molecule has 2 heterocycles. The molecule has 142 valence electrons. The molecule has 0 bridgehead atoms. The van der Waals surface area contributed by atoms with E-state index in [1.807, 2.05) is 7.05 Å². The highest BCUT2D eigenvalue weighted by Crippen LogP contribution is 2.09. The summed E-state index contributed by atoms with van der Waals surface area (Å²) in [6.07, 6.45) is 5.04. The van der Waals surface area contributed by atoms with Crippen LogP contribution in [0.1, 0.15) is 32.6 Å². The molecule has 2 aliphatic rings. The molecule has 2 unspecified atom stereocenters. The Morgan fingerprint density at radius 1 is 1.33 bits per heavy atom. The fourth-order valence-electron chi connectivity index (χ4n) is 3.14. The summed E-state index contributed by atoms with van der Waals surface area (Å²) < 4.78 is 11.1. The Hall–Kier alpha value is -0.120. The third-order valence-corrected chi connectivity index (χ3v) is 4.47. The third kappa shape index (κ3) is 8.82. The van der Waals surface area contributed by atoms with E-state index in [0.717, 1.165) is 51.7 Å². The van der Waals surface area contributed by atoms with Crippen molar-refractivity contribution in [3.8, 4) is 0 Å². The third-order valence-electron chi connectivity index (χ3n) is 4.47. The SMILES string of the molecule is CN=C(NCCCOC1CCOC1)NCC(C)CN1CCCC1.I. The van der Waals surface area contributed by atoms with Gasteiger partial charge in [0.25, 0.3) is 0 Å². The van der Waals surface area contributed by atoms with Crippen molar-refractivity contribution in [1.29, 1.82) is 0 Å². The fourth-order valence-corrected chi connectivity index (χ4v) is 3.14. The summed E-state index contributed by atoms with van der Waals surface area (Å²) in [5, 5.41) is 6.78. The maximum Gasteiger partial charge on any atom is 0.190 e. The molecule has 0 saturated carbocycles. The maximum atomic E-state index is 5.76. The van der Waals surface area contributed by atoms with Gasteiger partial charge in [-0.1, -0.05) is 6.92 Å². The van der Waals surface area contributed by atoms with E-state index in [1.54, 1.807) is 0 Å². The van der Waals surface area contributed by atoms with Crippen LogP contribution in [0.5, 0.6) is 0 Å². The second-order valence-corrected chi connectivity index (χ2v) is 6.70. The summed E-state index contributed by atoms with van der Waals surface area (Å²) in [6, 6.07) is 0. The molecule has 7 heteroatoms. The molecular formula is C17H35IN4O2. The first kappa shape index (κ1) is 21.9. The zero-order valence-corrected chi connectivity index (χ0v) is 17.6. The molecule has 0 radical (unpaired) electrons. The van der Waals surface area contributed by atoms with Gasteiger partial charge in [-0.15, -0.1) is 24.0 Å². The first-order valence-corrected chi connectivity index (χ1v) is 9.14. The summed E-state index contributed by atoms with van der Waals surface area (Å²) in [7, 11) is 1.83. The molecule has 0 amide bonds. The monoisotopic (exact) mass is 454 g/mol. The van der Waals surface area contributed by atoms with Gasteiger partial charge in [0, 0.05) is 39.9 Å². The van der Waals surface area contributed by atoms with Crippen LogP contribution in [0.4, 0.5) is 0 Å². The molecule has 2 saturated heterocycles. The second kappa shape index (κ2) is 13.1. The minimum absolute atomic E-state index is 0. The number of rotatable bonds is 9. The number of nitrogens with zero attached hydrogens (tertiary/aromatic N) is 2. The van der Waals surface area contributed by atoms with Crippen molar-refractivity contribution in [3.05, 3.63) is 0 Å². The van der Waals surface area contributed by atoms with Gasteiger partial charge in [0.15, 0.2) is 5.96 Å². The number of halogens is 1. The van der Waals surface area contributed by atoms with Gasteiger partial charge < -0.3 is 25.0 Å². The highest BCUT2D eigenvalue weighted by Gasteiger charge is 2.16. The Morgan fingerprint density at radius 2 is 2.12 bits per heavy atom. The summed E-state index contributed by atoms with van der Waals surface area (Å²) >= 11 is 0. The van der Waals surface area contributed by atoms with E-state index >= 15 is 0 Å². The first-order valence-electron chi connectivity index (χ1n) is 9.14. The van der Waals surface area contributed by atoms with Crippen LogP contribution in [0.2, 0.25) is 0 Å². The minimum atomic E-state index is 0. The molecule has 0 aromatic heterocycles. The number of ether oxygens (including phenoxy) is 2. The van der Waals surface area contributed by atoms with Crippen molar-refractivity contribution >= 4 is 29.9 Å². The number of aliphatic imine (C=N–C) groups is 1. The Kier molecular flexibility index (Phi) is 12.0. The van der Waals surface area contributed by atoms with Crippen LogP contribution in [0.25, 0.3) is 0 Å². The molecule has 2 rings (SSSR count). The Morgan fingerprint density at radius 3 is 2.79 bits per heavy atom. The van der Waals surface area contributed by atoms with Crippen molar-refractivity contribution in [2.24, 2.45) is 10.9 Å². The Labute approximate surface area is 164 Å².